The number of primary amides is 1. The Balaban J connectivity index is 2.58. The van der Waals surface area contributed by atoms with Crippen LogP contribution in [0.4, 0.5) is 0 Å². The molecule has 0 bridgehead atoms. The van der Waals surface area contributed by atoms with E-state index < -0.39 is 11.4 Å². The minimum absolute atomic E-state index is 0.442. The lowest BCUT2D eigenvalue weighted by molar-refractivity contribution is -0.122. The van der Waals surface area contributed by atoms with Gasteiger partial charge in [-0.05, 0) is 18.9 Å². The number of nitrogens with two attached hydrogens (primary N) is 2. The van der Waals surface area contributed by atoms with Gasteiger partial charge in [0.2, 0.25) is 5.91 Å². The molecule has 1 aromatic carbocycles. The molecule has 0 radical (unpaired) electrons. The molecule has 0 aliphatic rings. The second-order valence-corrected chi connectivity index (χ2v) is 3.80. The minimum atomic E-state index is -0.967. The van der Waals surface area contributed by atoms with Crippen molar-refractivity contribution in [2.24, 2.45) is 11.5 Å². The third-order valence-electron chi connectivity index (χ3n) is 2.21. The Morgan fingerprint density at radius 2 is 2.00 bits per heavy atom. The highest BCUT2D eigenvalue weighted by molar-refractivity contribution is 5.84. The molecule has 4 N–H and O–H groups in total. The number of carbonyl (C=O) groups excluding carboxylic acids is 1. The molecule has 0 spiro atoms. The Hall–Kier alpha value is -1.61. The van der Waals surface area contributed by atoms with Crippen LogP contribution < -0.4 is 11.5 Å². The summed E-state index contributed by atoms with van der Waals surface area (Å²) in [4.78, 5) is 10.9. The summed E-state index contributed by atoms with van der Waals surface area (Å²) in [7, 11) is 0. The van der Waals surface area contributed by atoms with Gasteiger partial charge in [0.05, 0.1) is 5.54 Å². The summed E-state index contributed by atoms with van der Waals surface area (Å²) in [5, 5.41) is 0. The zero-order chi connectivity index (χ0) is 11.3. The first-order chi connectivity index (χ1) is 7.02. The maximum Gasteiger partial charge on any atom is 0.237 e. The van der Waals surface area contributed by atoms with E-state index in [2.05, 4.69) is 0 Å². The first-order valence-corrected chi connectivity index (χ1v) is 4.83. The molecule has 0 fully saturated rings. The zero-order valence-electron chi connectivity index (χ0n) is 8.81. The van der Waals surface area contributed by atoms with Gasteiger partial charge < -0.3 is 11.5 Å². The van der Waals surface area contributed by atoms with Crippen LogP contribution in [0.2, 0.25) is 0 Å². The maximum absolute atomic E-state index is 10.9. The van der Waals surface area contributed by atoms with Crippen LogP contribution in [-0.4, -0.2) is 11.4 Å². The Labute approximate surface area is 89.8 Å². The third-order valence-corrected chi connectivity index (χ3v) is 2.21. The maximum atomic E-state index is 10.9. The highest BCUT2D eigenvalue weighted by atomic mass is 16.1. The predicted octanol–water partition coefficient (Wildman–Crippen LogP) is 1.29. The van der Waals surface area contributed by atoms with Crippen LogP contribution >= 0.6 is 0 Å². The van der Waals surface area contributed by atoms with E-state index in [4.69, 9.17) is 11.5 Å². The topological polar surface area (TPSA) is 69.1 Å². The number of amides is 1. The van der Waals surface area contributed by atoms with Crippen molar-refractivity contribution >= 4 is 12.0 Å². The molecule has 3 nitrogen and oxygen atoms in total. The van der Waals surface area contributed by atoms with E-state index in [1.165, 1.54) is 0 Å². The van der Waals surface area contributed by atoms with E-state index >= 15 is 0 Å². The van der Waals surface area contributed by atoms with Crippen LogP contribution in [-0.2, 0) is 4.79 Å². The van der Waals surface area contributed by atoms with E-state index in [-0.39, 0.29) is 0 Å². The molecule has 0 saturated carbocycles. The van der Waals surface area contributed by atoms with Crippen molar-refractivity contribution in [1.82, 2.24) is 0 Å². The lowest BCUT2D eigenvalue weighted by Gasteiger charge is -2.17. The summed E-state index contributed by atoms with van der Waals surface area (Å²) < 4.78 is 0. The van der Waals surface area contributed by atoms with Gasteiger partial charge in [-0.3, -0.25) is 4.79 Å². The molecule has 1 aromatic rings. The van der Waals surface area contributed by atoms with Crippen LogP contribution in [0.25, 0.3) is 6.08 Å². The largest absolute Gasteiger partial charge is 0.368 e. The average molecular weight is 204 g/mol. The standard InChI is InChI=1S/C12H16N2O/c1-12(14,11(13)15)9-5-8-10-6-3-2-4-7-10/h2-8H,9,14H2,1H3,(H2,13,15)/b8-5+. The fraction of sp³-hybridized carbons (Fsp3) is 0.250. The van der Waals surface area contributed by atoms with Gasteiger partial charge in [0.1, 0.15) is 0 Å². The Bertz CT molecular complexity index is 355. The fourth-order valence-corrected chi connectivity index (χ4v) is 1.10. The second kappa shape index (κ2) is 4.75. The van der Waals surface area contributed by atoms with Crippen molar-refractivity contribution in [1.29, 1.82) is 0 Å². The number of carbonyl (C=O) groups is 1. The highest BCUT2D eigenvalue weighted by Crippen LogP contribution is 2.08. The molecule has 1 unspecified atom stereocenters. The molecule has 15 heavy (non-hydrogen) atoms. The summed E-state index contributed by atoms with van der Waals surface area (Å²) >= 11 is 0. The van der Waals surface area contributed by atoms with Gasteiger partial charge in [0.25, 0.3) is 0 Å². The molecule has 0 aliphatic carbocycles. The molecule has 1 amide bonds. The molecule has 80 valence electrons. The van der Waals surface area contributed by atoms with E-state index in [1.807, 2.05) is 42.5 Å². The monoisotopic (exact) mass is 204 g/mol. The molecule has 3 heteroatoms. The molecule has 0 aliphatic heterocycles. The summed E-state index contributed by atoms with van der Waals surface area (Å²) in [5.41, 5.74) is 11.0. The number of rotatable bonds is 4. The molecular weight excluding hydrogens is 188 g/mol. The molecule has 0 saturated heterocycles. The first-order valence-electron chi connectivity index (χ1n) is 4.83. The van der Waals surface area contributed by atoms with Crippen LogP contribution in [0.3, 0.4) is 0 Å². The zero-order valence-corrected chi connectivity index (χ0v) is 8.81. The van der Waals surface area contributed by atoms with Crippen molar-refractivity contribution in [3.05, 3.63) is 42.0 Å². The van der Waals surface area contributed by atoms with E-state index in [0.29, 0.717) is 6.42 Å². The first kappa shape index (κ1) is 11.5. The van der Waals surface area contributed by atoms with Crippen molar-refractivity contribution in [2.75, 3.05) is 0 Å². The van der Waals surface area contributed by atoms with Gasteiger partial charge in [-0.1, -0.05) is 42.5 Å². The summed E-state index contributed by atoms with van der Waals surface area (Å²) in [6.07, 6.45) is 4.23. The number of benzene rings is 1. The van der Waals surface area contributed by atoms with E-state index in [0.717, 1.165) is 5.56 Å². The van der Waals surface area contributed by atoms with Crippen LogP contribution in [0.1, 0.15) is 18.9 Å². The van der Waals surface area contributed by atoms with Crippen molar-refractivity contribution < 1.29 is 4.79 Å². The smallest absolute Gasteiger partial charge is 0.237 e. The van der Waals surface area contributed by atoms with Crippen molar-refractivity contribution in [2.45, 2.75) is 18.9 Å². The van der Waals surface area contributed by atoms with Gasteiger partial charge in [-0.2, -0.15) is 0 Å². The number of hydrogen-bond donors (Lipinski definition) is 2. The van der Waals surface area contributed by atoms with Gasteiger partial charge in [0, 0.05) is 0 Å². The van der Waals surface area contributed by atoms with Crippen LogP contribution in [0, 0.1) is 0 Å². The molecule has 0 heterocycles. The lowest BCUT2D eigenvalue weighted by atomic mass is 9.98. The summed E-state index contributed by atoms with van der Waals surface area (Å²) in [5.74, 6) is -0.486. The summed E-state index contributed by atoms with van der Waals surface area (Å²) in [6.45, 7) is 1.63. The molecular formula is C12H16N2O. The highest BCUT2D eigenvalue weighted by Gasteiger charge is 2.23. The minimum Gasteiger partial charge on any atom is -0.368 e. The SMILES string of the molecule is CC(N)(C/C=C/c1ccccc1)C(N)=O. The quantitative estimate of drug-likeness (QED) is 0.776. The van der Waals surface area contributed by atoms with E-state index in [9.17, 15) is 4.79 Å². The van der Waals surface area contributed by atoms with Gasteiger partial charge in [0.15, 0.2) is 0 Å². The van der Waals surface area contributed by atoms with Crippen LogP contribution in [0.5, 0.6) is 0 Å². The molecule has 0 aromatic heterocycles. The average Bonchev–Trinajstić information content (AvgIpc) is 2.19. The van der Waals surface area contributed by atoms with Crippen LogP contribution in [0.15, 0.2) is 36.4 Å². The van der Waals surface area contributed by atoms with E-state index in [1.54, 1.807) is 6.92 Å². The summed E-state index contributed by atoms with van der Waals surface area (Å²) in [6, 6.07) is 9.82. The second-order valence-electron chi connectivity index (χ2n) is 3.80. The Morgan fingerprint density at radius 3 is 2.53 bits per heavy atom. The van der Waals surface area contributed by atoms with Gasteiger partial charge in [-0.15, -0.1) is 0 Å². The lowest BCUT2D eigenvalue weighted by Crippen LogP contribution is -2.48. The van der Waals surface area contributed by atoms with Crippen molar-refractivity contribution in [3.63, 3.8) is 0 Å². The molecule has 1 rings (SSSR count). The Kier molecular flexibility index (Phi) is 3.63. The third kappa shape index (κ3) is 3.56. The normalized spacial score (nSPS) is 15.1. The van der Waals surface area contributed by atoms with Gasteiger partial charge in [-0.25, -0.2) is 0 Å². The van der Waals surface area contributed by atoms with Gasteiger partial charge >= 0.3 is 0 Å². The predicted molar refractivity (Wildman–Crippen MR) is 61.9 cm³/mol. The fourth-order valence-electron chi connectivity index (χ4n) is 1.10. The Morgan fingerprint density at radius 1 is 1.40 bits per heavy atom. The molecule has 1 atom stereocenters. The van der Waals surface area contributed by atoms with Crippen molar-refractivity contribution in [3.8, 4) is 0 Å². The number of hydrogen-bond acceptors (Lipinski definition) is 2.